The lowest BCUT2D eigenvalue weighted by atomic mass is 10.0. The van der Waals surface area contributed by atoms with Crippen molar-refractivity contribution in [2.45, 2.75) is 20.3 Å². The molecule has 0 radical (unpaired) electrons. The molecule has 0 aromatic heterocycles. The summed E-state index contributed by atoms with van der Waals surface area (Å²) in [6, 6.07) is 4.18. The van der Waals surface area contributed by atoms with Crippen molar-refractivity contribution < 1.29 is 9.47 Å². The van der Waals surface area contributed by atoms with Gasteiger partial charge in [0.15, 0.2) is 11.5 Å². The average Bonchev–Trinajstić information content (AvgIpc) is 2.43. The van der Waals surface area contributed by atoms with Crippen LogP contribution in [0.25, 0.3) is 0 Å². The van der Waals surface area contributed by atoms with Crippen LogP contribution in [-0.2, 0) is 6.42 Å². The van der Waals surface area contributed by atoms with Gasteiger partial charge in [0.05, 0.1) is 0 Å². The van der Waals surface area contributed by atoms with E-state index in [0.717, 1.165) is 37.6 Å². The van der Waals surface area contributed by atoms with Crippen LogP contribution in [0.5, 0.6) is 11.5 Å². The second kappa shape index (κ2) is 6.78. The maximum Gasteiger partial charge on any atom is 0.161 e. The first-order valence-corrected chi connectivity index (χ1v) is 7.00. The van der Waals surface area contributed by atoms with E-state index >= 15 is 0 Å². The highest BCUT2D eigenvalue weighted by Gasteiger charge is 2.13. The Morgan fingerprint density at radius 2 is 1.95 bits per heavy atom. The standard InChI is InChI=1S/C15H24N2O2/c1-11(9-16)10-17-4-3-13-8-15-14(7-12(13)2)18-5-6-19-15/h7-8,11,17H,3-6,9-10,16H2,1-2H3. The Morgan fingerprint density at radius 3 is 2.63 bits per heavy atom. The number of aryl methyl sites for hydroxylation is 1. The molecule has 0 spiro atoms. The van der Waals surface area contributed by atoms with Crippen molar-refractivity contribution in [1.29, 1.82) is 0 Å². The molecule has 1 atom stereocenters. The van der Waals surface area contributed by atoms with Crippen LogP contribution >= 0.6 is 0 Å². The van der Waals surface area contributed by atoms with Crippen LogP contribution < -0.4 is 20.5 Å². The molecule has 2 rings (SSSR count). The summed E-state index contributed by atoms with van der Waals surface area (Å²) in [5.41, 5.74) is 8.17. The zero-order chi connectivity index (χ0) is 13.7. The van der Waals surface area contributed by atoms with Crippen molar-refractivity contribution >= 4 is 0 Å². The molecule has 0 fully saturated rings. The zero-order valence-electron chi connectivity index (χ0n) is 11.9. The molecule has 0 saturated carbocycles. The Balaban J connectivity index is 1.89. The topological polar surface area (TPSA) is 56.5 Å². The number of hydrogen-bond donors (Lipinski definition) is 2. The third-order valence-corrected chi connectivity index (χ3v) is 3.47. The van der Waals surface area contributed by atoms with Gasteiger partial charge in [0, 0.05) is 0 Å². The largest absolute Gasteiger partial charge is 0.486 e. The van der Waals surface area contributed by atoms with Gasteiger partial charge in [-0.15, -0.1) is 0 Å². The third-order valence-electron chi connectivity index (χ3n) is 3.47. The van der Waals surface area contributed by atoms with Gasteiger partial charge in [-0.05, 0) is 62.2 Å². The number of rotatable bonds is 6. The molecular weight excluding hydrogens is 240 g/mol. The number of nitrogens with one attached hydrogen (secondary N) is 1. The van der Waals surface area contributed by atoms with E-state index in [2.05, 4.69) is 31.3 Å². The second-order valence-corrected chi connectivity index (χ2v) is 5.22. The Labute approximate surface area is 115 Å². The van der Waals surface area contributed by atoms with Crippen LogP contribution in [0.4, 0.5) is 0 Å². The van der Waals surface area contributed by atoms with Crippen LogP contribution in [0.15, 0.2) is 12.1 Å². The Hall–Kier alpha value is -1.26. The first kappa shape index (κ1) is 14.2. The van der Waals surface area contributed by atoms with Crippen LogP contribution in [0.3, 0.4) is 0 Å². The normalized spacial score (nSPS) is 15.3. The lowest BCUT2D eigenvalue weighted by Gasteiger charge is -2.20. The minimum absolute atomic E-state index is 0.529. The van der Waals surface area contributed by atoms with Gasteiger partial charge in [-0.2, -0.15) is 0 Å². The SMILES string of the molecule is Cc1cc2c(cc1CCNCC(C)CN)OCCO2. The first-order valence-electron chi connectivity index (χ1n) is 7.00. The van der Waals surface area contributed by atoms with E-state index in [9.17, 15) is 0 Å². The highest BCUT2D eigenvalue weighted by molar-refractivity contribution is 5.47. The van der Waals surface area contributed by atoms with Crippen LogP contribution in [0.2, 0.25) is 0 Å². The van der Waals surface area contributed by atoms with Crippen molar-refractivity contribution in [3.63, 3.8) is 0 Å². The van der Waals surface area contributed by atoms with E-state index in [4.69, 9.17) is 15.2 Å². The van der Waals surface area contributed by atoms with Gasteiger partial charge in [-0.25, -0.2) is 0 Å². The molecule has 0 saturated heterocycles. The van der Waals surface area contributed by atoms with Gasteiger partial charge >= 0.3 is 0 Å². The first-order chi connectivity index (χ1) is 9.20. The Bertz CT molecular complexity index is 421. The summed E-state index contributed by atoms with van der Waals surface area (Å²) in [6.45, 7) is 8.23. The lowest BCUT2D eigenvalue weighted by Crippen LogP contribution is -2.27. The van der Waals surface area contributed by atoms with Crippen molar-refractivity contribution in [3.05, 3.63) is 23.3 Å². The quantitative estimate of drug-likeness (QED) is 0.764. The molecule has 1 aromatic carbocycles. The van der Waals surface area contributed by atoms with E-state index in [0.29, 0.717) is 19.1 Å². The molecular formula is C15H24N2O2. The predicted molar refractivity (Wildman–Crippen MR) is 77.0 cm³/mol. The lowest BCUT2D eigenvalue weighted by molar-refractivity contribution is 0.171. The Morgan fingerprint density at radius 1 is 1.26 bits per heavy atom. The fourth-order valence-electron chi connectivity index (χ4n) is 2.16. The van der Waals surface area contributed by atoms with Crippen molar-refractivity contribution in [1.82, 2.24) is 5.32 Å². The highest BCUT2D eigenvalue weighted by Crippen LogP contribution is 2.33. The number of benzene rings is 1. The molecule has 0 amide bonds. The summed E-state index contributed by atoms with van der Waals surface area (Å²) < 4.78 is 11.2. The molecule has 4 heteroatoms. The molecule has 3 N–H and O–H groups in total. The Kier molecular flexibility index (Phi) is 5.05. The maximum absolute atomic E-state index is 5.62. The second-order valence-electron chi connectivity index (χ2n) is 5.22. The summed E-state index contributed by atoms with van der Waals surface area (Å²) in [5, 5.41) is 3.44. The van der Waals surface area contributed by atoms with Crippen molar-refractivity contribution in [2.24, 2.45) is 11.7 Å². The van der Waals surface area contributed by atoms with Gasteiger partial charge in [0.1, 0.15) is 13.2 Å². The number of ether oxygens (including phenoxy) is 2. The summed E-state index contributed by atoms with van der Waals surface area (Å²) in [4.78, 5) is 0. The van der Waals surface area contributed by atoms with Crippen LogP contribution in [-0.4, -0.2) is 32.8 Å². The molecule has 0 bridgehead atoms. The van der Waals surface area contributed by atoms with Crippen LogP contribution in [0, 0.1) is 12.8 Å². The summed E-state index contributed by atoms with van der Waals surface area (Å²) in [6.07, 6.45) is 1.000. The summed E-state index contributed by atoms with van der Waals surface area (Å²) in [7, 11) is 0. The monoisotopic (exact) mass is 264 g/mol. The molecule has 0 aliphatic carbocycles. The van der Waals surface area contributed by atoms with Gasteiger partial charge in [-0.3, -0.25) is 0 Å². The fraction of sp³-hybridized carbons (Fsp3) is 0.600. The number of hydrogen-bond acceptors (Lipinski definition) is 4. The minimum atomic E-state index is 0.529. The summed E-state index contributed by atoms with van der Waals surface area (Å²) >= 11 is 0. The van der Waals surface area contributed by atoms with E-state index in [1.165, 1.54) is 11.1 Å². The molecule has 1 aromatic rings. The molecule has 1 unspecified atom stereocenters. The smallest absolute Gasteiger partial charge is 0.161 e. The van der Waals surface area contributed by atoms with E-state index in [1.54, 1.807) is 0 Å². The van der Waals surface area contributed by atoms with Crippen molar-refractivity contribution in [3.8, 4) is 11.5 Å². The van der Waals surface area contributed by atoms with Crippen LogP contribution in [0.1, 0.15) is 18.1 Å². The van der Waals surface area contributed by atoms with Gasteiger partial charge in [0.25, 0.3) is 0 Å². The van der Waals surface area contributed by atoms with E-state index < -0.39 is 0 Å². The third kappa shape index (κ3) is 3.85. The van der Waals surface area contributed by atoms with Gasteiger partial charge in [0.2, 0.25) is 0 Å². The molecule has 1 aliphatic heterocycles. The van der Waals surface area contributed by atoms with E-state index in [-0.39, 0.29) is 0 Å². The maximum atomic E-state index is 5.62. The molecule has 4 nitrogen and oxygen atoms in total. The summed E-state index contributed by atoms with van der Waals surface area (Å²) in [5.74, 6) is 2.28. The predicted octanol–water partition coefficient (Wildman–Crippen LogP) is 1.49. The fourth-order valence-corrected chi connectivity index (χ4v) is 2.16. The van der Waals surface area contributed by atoms with Crippen molar-refractivity contribution in [2.75, 3.05) is 32.8 Å². The molecule has 106 valence electrons. The van der Waals surface area contributed by atoms with Gasteiger partial charge < -0.3 is 20.5 Å². The molecule has 1 aliphatic rings. The highest BCUT2D eigenvalue weighted by atomic mass is 16.6. The minimum Gasteiger partial charge on any atom is -0.486 e. The van der Waals surface area contributed by atoms with Gasteiger partial charge in [-0.1, -0.05) is 6.92 Å². The zero-order valence-corrected chi connectivity index (χ0v) is 11.9. The van der Waals surface area contributed by atoms with E-state index in [1.807, 2.05) is 0 Å². The molecule has 19 heavy (non-hydrogen) atoms. The number of nitrogens with two attached hydrogens (primary N) is 1. The number of fused-ring (bicyclic) bond motifs is 1. The molecule has 1 heterocycles. The average molecular weight is 264 g/mol.